The van der Waals surface area contributed by atoms with Crippen LogP contribution in [0, 0.1) is 0 Å². The number of rotatable bonds is 5. The molecule has 108 valence electrons. The Morgan fingerprint density at radius 3 is 2.76 bits per heavy atom. The van der Waals surface area contributed by atoms with Gasteiger partial charge in [0.15, 0.2) is 0 Å². The number of nitrogens with one attached hydrogen (secondary N) is 1. The fourth-order valence-corrected chi connectivity index (χ4v) is 2.36. The van der Waals surface area contributed by atoms with Crippen molar-refractivity contribution in [1.82, 2.24) is 9.88 Å². The Morgan fingerprint density at radius 1 is 1.33 bits per heavy atom. The molecule has 0 aliphatic heterocycles. The molecule has 0 aliphatic rings. The minimum atomic E-state index is -0.0737. The van der Waals surface area contributed by atoms with Crippen molar-refractivity contribution in [2.24, 2.45) is 0 Å². The van der Waals surface area contributed by atoms with E-state index in [2.05, 4.69) is 31.1 Å². The van der Waals surface area contributed by atoms with Crippen LogP contribution in [0.2, 0.25) is 0 Å². The molecule has 0 saturated heterocycles. The van der Waals surface area contributed by atoms with Crippen molar-refractivity contribution in [2.75, 3.05) is 7.05 Å². The number of hydrogen-bond donors (Lipinski definition) is 1. The Labute approximate surface area is 124 Å². The monoisotopic (exact) mass is 280 g/mol. The van der Waals surface area contributed by atoms with Gasteiger partial charge in [-0.3, -0.25) is 4.79 Å². The third-order valence-electron chi connectivity index (χ3n) is 3.52. The number of benzene rings is 1. The Kier molecular flexibility index (Phi) is 4.43. The van der Waals surface area contributed by atoms with Gasteiger partial charge in [-0.15, -0.1) is 0 Å². The summed E-state index contributed by atoms with van der Waals surface area (Å²) < 4.78 is 0. The normalized spacial score (nSPS) is 11.4. The van der Waals surface area contributed by atoms with Crippen LogP contribution >= 0.6 is 0 Å². The highest BCUT2D eigenvalue weighted by Gasteiger charge is 2.12. The number of H-pyrrole nitrogens is 1. The summed E-state index contributed by atoms with van der Waals surface area (Å²) >= 11 is 0. The lowest BCUT2D eigenvalue weighted by atomic mass is 10.0. The molecule has 1 heterocycles. The number of aromatic amines is 1. The zero-order valence-corrected chi connectivity index (χ0v) is 12.5. The Hall–Kier alpha value is -2.55. The number of nitrogens with zero attached hydrogens (tertiary/aromatic N) is 1. The van der Waals surface area contributed by atoms with E-state index in [1.54, 1.807) is 12.3 Å². The molecular weight excluding hydrogens is 260 g/mol. The fourth-order valence-electron chi connectivity index (χ4n) is 2.36. The molecular formula is C18H20N2O. The summed E-state index contributed by atoms with van der Waals surface area (Å²) in [7, 11) is 1.96. The van der Waals surface area contributed by atoms with Crippen molar-refractivity contribution in [3.63, 3.8) is 0 Å². The van der Waals surface area contributed by atoms with Gasteiger partial charge in [0.25, 0.3) is 5.56 Å². The third-order valence-corrected chi connectivity index (χ3v) is 3.52. The van der Waals surface area contributed by atoms with Crippen molar-refractivity contribution >= 4 is 16.5 Å². The van der Waals surface area contributed by atoms with Crippen molar-refractivity contribution in [2.45, 2.75) is 13.3 Å². The molecule has 0 unspecified atom stereocenters. The topological polar surface area (TPSA) is 36.1 Å². The second-order valence-electron chi connectivity index (χ2n) is 4.83. The molecule has 1 aromatic carbocycles. The van der Waals surface area contributed by atoms with Gasteiger partial charge in [0.05, 0.1) is 0 Å². The predicted molar refractivity (Wildman–Crippen MR) is 89.9 cm³/mol. The average Bonchev–Trinajstić information content (AvgIpc) is 2.51. The van der Waals surface area contributed by atoms with Crippen LogP contribution in [0.15, 0.2) is 66.3 Å². The van der Waals surface area contributed by atoms with Crippen LogP contribution in [0.5, 0.6) is 0 Å². The number of pyridine rings is 1. The summed E-state index contributed by atoms with van der Waals surface area (Å²) in [5.41, 5.74) is 2.79. The second-order valence-corrected chi connectivity index (χ2v) is 4.83. The number of hydrogen-bond acceptors (Lipinski definition) is 2. The quantitative estimate of drug-likeness (QED) is 0.843. The SMILES string of the molecule is C=CC(=C)N(C)/C(=C\CC)c1cccc2c(=O)[nH]ccc12. The first-order valence-electron chi connectivity index (χ1n) is 6.96. The van der Waals surface area contributed by atoms with Crippen LogP contribution in [0.3, 0.4) is 0 Å². The van der Waals surface area contributed by atoms with Crippen molar-refractivity contribution < 1.29 is 0 Å². The maximum atomic E-state index is 11.9. The van der Waals surface area contributed by atoms with Gasteiger partial charge in [-0.1, -0.05) is 38.3 Å². The van der Waals surface area contributed by atoms with E-state index >= 15 is 0 Å². The van der Waals surface area contributed by atoms with Crippen molar-refractivity contribution in [3.05, 3.63) is 77.4 Å². The van der Waals surface area contributed by atoms with E-state index in [1.807, 2.05) is 36.2 Å². The van der Waals surface area contributed by atoms with Crippen LogP contribution in [-0.4, -0.2) is 16.9 Å². The first kappa shape index (κ1) is 14.9. The van der Waals surface area contributed by atoms with Crippen molar-refractivity contribution in [1.29, 1.82) is 0 Å². The molecule has 2 rings (SSSR count). The minimum absolute atomic E-state index is 0.0737. The number of likely N-dealkylation sites (N-methyl/N-ethyl adjacent to an activating group) is 1. The molecule has 3 heteroatoms. The first-order valence-corrected chi connectivity index (χ1v) is 6.96. The van der Waals surface area contributed by atoms with E-state index in [0.717, 1.165) is 28.8 Å². The zero-order valence-electron chi connectivity index (χ0n) is 12.5. The molecule has 3 nitrogen and oxygen atoms in total. The summed E-state index contributed by atoms with van der Waals surface area (Å²) in [5, 5.41) is 1.62. The van der Waals surface area contributed by atoms with Gasteiger partial charge in [0.2, 0.25) is 0 Å². The molecule has 0 radical (unpaired) electrons. The van der Waals surface area contributed by atoms with Gasteiger partial charge in [0.1, 0.15) is 0 Å². The molecule has 0 saturated carbocycles. The lowest BCUT2D eigenvalue weighted by Gasteiger charge is -2.24. The lowest BCUT2D eigenvalue weighted by molar-refractivity contribution is 0.618. The fraction of sp³-hybridized carbons (Fsp3) is 0.167. The number of fused-ring (bicyclic) bond motifs is 1. The highest BCUT2D eigenvalue weighted by atomic mass is 16.1. The number of aromatic nitrogens is 1. The van der Waals surface area contributed by atoms with Gasteiger partial charge >= 0.3 is 0 Å². The molecule has 0 aliphatic carbocycles. The second kappa shape index (κ2) is 6.27. The molecule has 0 amide bonds. The lowest BCUT2D eigenvalue weighted by Crippen LogP contribution is -2.15. The molecule has 0 bridgehead atoms. The molecule has 1 aromatic heterocycles. The van der Waals surface area contributed by atoms with Gasteiger partial charge in [-0.05, 0) is 30.0 Å². The highest BCUT2D eigenvalue weighted by molar-refractivity contribution is 5.93. The van der Waals surface area contributed by atoms with Gasteiger partial charge in [0, 0.05) is 35.6 Å². The molecule has 21 heavy (non-hydrogen) atoms. The van der Waals surface area contributed by atoms with Gasteiger partial charge in [-0.25, -0.2) is 0 Å². The highest BCUT2D eigenvalue weighted by Crippen LogP contribution is 2.27. The summed E-state index contributed by atoms with van der Waals surface area (Å²) in [6.07, 6.45) is 6.43. The van der Waals surface area contributed by atoms with Crippen LogP contribution in [0.1, 0.15) is 18.9 Å². The number of allylic oxidation sites excluding steroid dienone is 2. The van der Waals surface area contributed by atoms with E-state index < -0.39 is 0 Å². The maximum absolute atomic E-state index is 11.9. The van der Waals surface area contributed by atoms with Crippen LogP contribution < -0.4 is 5.56 Å². The molecule has 0 atom stereocenters. The van der Waals surface area contributed by atoms with Crippen LogP contribution in [0.25, 0.3) is 16.5 Å². The van der Waals surface area contributed by atoms with E-state index in [4.69, 9.17) is 0 Å². The van der Waals surface area contributed by atoms with Gasteiger partial charge < -0.3 is 9.88 Å². The standard InChI is InChI=1S/C18H20N2O/c1-5-8-17(20(4)13(3)6-2)15-9-7-10-16-14(15)11-12-19-18(16)21/h6-12H,2-3,5H2,1,4H3,(H,19,21)/b17-8-. The smallest absolute Gasteiger partial charge is 0.255 e. The molecule has 0 fully saturated rings. The third kappa shape index (κ3) is 2.82. The van der Waals surface area contributed by atoms with E-state index in [1.165, 1.54) is 0 Å². The molecule has 0 spiro atoms. The Balaban J connectivity index is 2.70. The molecule has 1 N–H and O–H groups in total. The minimum Gasteiger partial charge on any atom is -0.345 e. The van der Waals surface area contributed by atoms with Crippen molar-refractivity contribution in [3.8, 4) is 0 Å². The summed E-state index contributed by atoms with van der Waals surface area (Å²) in [6.45, 7) is 9.86. The Bertz CT molecular complexity index is 768. The predicted octanol–water partition coefficient (Wildman–Crippen LogP) is 3.91. The van der Waals surface area contributed by atoms with Gasteiger partial charge in [-0.2, -0.15) is 0 Å². The van der Waals surface area contributed by atoms with Crippen LogP contribution in [-0.2, 0) is 0 Å². The van der Waals surface area contributed by atoms with E-state index in [0.29, 0.717) is 5.39 Å². The summed E-state index contributed by atoms with van der Waals surface area (Å²) in [6, 6.07) is 7.70. The van der Waals surface area contributed by atoms with E-state index in [9.17, 15) is 4.79 Å². The summed E-state index contributed by atoms with van der Waals surface area (Å²) in [4.78, 5) is 16.7. The van der Waals surface area contributed by atoms with Crippen LogP contribution in [0.4, 0.5) is 0 Å². The molecule has 2 aromatic rings. The summed E-state index contributed by atoms with van der Waals surface area (Å²) in [5.74, 6) is 0. The largest absolute Gasteiger partial charge is 0.345 e. The maximum Gasteiger partial charge on any atom is 0.255 e. The van der Waals surface area contributed by atoms with E-state index in [-0.39, 0.29) is 5.56 Å². The zero-order chi connectivity index (χ0) is 15.4. The Morgan fingerprint density at radius 2 is 2.10 bits per heavy atom. The average molecular weight is 280 g/mol. The first-order chi connectivity index (χ1) is 10.1.